The summed E-state index contributed by atoms with van der Waals surface area (Å²) in [6, 6.07) is 8.92. The maximum atomic E-state index is 3.84. The van der Waals surface area contributed by atoms with Crippen molar-refractivity contribution < 1.29 is 0 Å². The molecule has 0 radical (unpaired) electrons. The van der Waals surface area contributed by atoms with E-state index in [9.17, 15) is 0 Å². The zero-order valence-electron chi connectivity index (χ0n) is 11.7. The first-order chi connectivity index (χ1) is 9.33. The summed E-state index contributed by atoms with van der Waals surface area (Å²) < 4.78 is 1.91. The van der Waals surface area contributed by atoms with Gasteiger partial charge in [0.1, 0.15) is 12.7 Å². The van der Waals surface area contributed by atoms with Gasteiger partial charge in [-0.15, -0.1) is 10.2 Å². The lowest BCUT2D eigenvalue weighted by atomic mass is 10.1. The highest BCUT2D eigenvalue weighted by Gasteiger charge is 2.06. The number of hydrogen-bond acceptors (Lipinski definition) is 3. The Morgan fingerprint density at radius 1 is 1.21 bits per heavy atom. The lowest BCUT2D eigenvalue weighted by Crippen LogP contribution is -2.18. The second-order valence-corrected chi connectivity index (χ2v) is 4.81. The molecule has 0 saturated heterocycles. The van der Waals surface area contributed by atoms with Gasteiger partial charge in [0.15, 0.2) is 0 Å². The number of hydrogen-bond donors (Lipinski definition) is 1. The molecule has 0 amide bonds. The van der Waals surface area contributed by atoms with Gasteiger partial charge in [-0.3, -0.25) is 4.57 Å². The molecule has 1 heterocycles. The Bertz CT molecular complexity index is 479. The van der Waals surface area contributed by atoms with Crippen LogP contribution in [0.4, 0.5) is 5.69 Å². The molecule has 0 spiro atoms. The lowest BCUT2D eigenvalue weighted by Gasteiger charge is -2.18. The third-order valence-electron chi connectivity index (χ3n) is 3.33. The van der Waals surface area contributed by atoms with Crippen molar-refractivity contribution in [3.63, 3.8) is 0 Å². The van der Waals surface area contributed by atoms with Gasteiger partial charge in [0, 0.05) is 11.7 Å². The Morgan fingerprint density at radius 2 is 2.00 bits per heavy atom. The zero-order valence-corrected chi connectivity index (χ0v) is 11.7. The summed E-state index contributed by atoms with van der Waals surface area (Å²) in [5.41, 5.74) is 2.24. The van der Waals surface area contributed by atoms with E-state index in [2.05, 4.69) is 53.6 Å². The molecule has 4 heteroatoms. The molecule has 2 rings (SSSR count). The van der Waals surface area contributed by atoms with E-state index in [-0.39, 0.29) is 0 Å². The van der Waals surface area contributed by atoms with E-state index < -0.39 is 0 Å². The molecule has 0 aliphatic carbocycles. The smallest absolute Gasteiger partial charge is 0.123 e. The van der Waals surface area contributed by atoms with Crippen LogP contribution in [0.25, 0.3) is 5.69 Å². The first-order valence-electron chi connectivity index (χ1n) is 7.05. The minimum atomic E-state index is 0.552. The van der Waals surface area contributed by atoms with Crippen LogP contribution in [0.5, 0.6) is 0 Å². The Hall–Kier alpha value is -1.84. The average Bonchev–Trinajstić information content (AvgIpc) is 2.98. The van der Waals surface area contributed by atoms with Gasteiger partial charge in [0.05, 0.1) is 5.69 Å². The van der Waals surface area contributed by atoms with Crippen LogP contribution < -0.4 is 5.32 Å². The van der Waals surface area contributed by atoms with Crippen LogP contribution in [0.2, 0.25) is 0 Å². The molecule has 1 N–H and O–H groups in total. The molecule has 19 heavy (non-hydrogen) atoms. The molecule has 1 aromatic heterocycles. The van der Waals surface area contributed by atoms with E-state index in [0.717, 1.165) is 17.8 Å². The van der Waals surface area contributed by atoms with Crippen LogP contribution >= 0.6 is 0 Å². The second kappa shape index (κ2) is 6.92. The van der Waals surface area contributed by atoms with Crippen molar-refractivity contribution in [1.82, 2.24) is 14.8 Å². The van der Waals surface area contributed by atoms with Gasteiger partial charge in [0.25, 0.3) is 0 Å². The van der Waals surface area contributed by atoms with Crippen LogP contribution in [0.1, 0.15) is 39.5 Å². The van der Waals surface area contributed by atoms with E-state index in [0.29, 0.717) is 6.04 Å². The van der Waals surface area contributed by atoms with Gasteiger partial charge >= 0.3 is 0 Å². The quantitative estimate of drug-likeness (QED) is 0.824. The lowest BCUT2D eigenvalue weighted by molar-refractivity contribution is 0.593. The summed E-state index contributed by atoms with van der Waals surface area (Å²) in [5.74, 6) is 0. The van der Waals surface area contributed by atoms with Gasteiger partial charge < -0.3 is 5.32 Å². The largest absolute Gasteiger partial charge is 0.382 e. The highest BCUT2D eigenvalue weighted by molar-refractivity contribution is 5.51. The predicted molar refractivity (Wildman–Crippen MR) is 78.6 cm³/mol. The monoisotopic (exact) mass is 258 g/mol. The molecule has 0 fully saturated rings. The van der Waals surface area contributed by atoms with Crippen LogP contribution in [-0.4, -0.2) is 20.8 Å². The Kier molecular flexibility index (Phi) is 4.95. The first kappa shape index (κ1) is 13.6. The maximum Gasteiger partial charge on any atom is 0.123 e. The molecule has 0 saturated carbocycles. The van der Waals surface area contributed by atoms with Crippen molar-refractivity contribution >= 4 is 5.69 Å². The van der Waals surface area contributed by atoms with E-state index in [1.807, 2.05) is 4.57 Å². The third-order valence-corrected chi connectivity index (χ3v) is 3.33. The number of aromatic nitrogens is 3. The average molecular weight is 258 g/mol. The molecule has 4 nitrogen and oxygen atoms in total. The number of rotatable bonds is 7. The molecule has 0 aliphatic heterocycles. The van der Waals surface area contributed by atoms with Crippen molar-refractivity contribution in [3.05, 3.63) is 36.9 Å². The third kappa shape index (κ3) is 3.81. The summed E-state index contributed by atoms with van der Waals surface area (Å²) in [6.07, 6.45) is 8.33. The Labute approximate surface area is 114 Å². The highest BCUT2D eigenvalue weighted by atomic mass is 15.2. The Morgan fingerprint density at radius 3 is 2.68 bits per heavy atom. The minimum absolute atomic E-state index is 0.552. The molecular weight excluding hydrogens is 236 g/mol. The Balaban J connectivity index is 2.06. The summed E-state index contributed by atoms with van der Waals surface area (Å²) in [4.78, 5) is 0. The van der Waals surface area contributed by atoms with Crippen molar-refractivity contribution in [1.29, 1.82) is 0 Å². The summed E-state index contributed by atoms with van der Waals surface area (Å²) >= 11 is 0. The van der Waals surface area contributed by atoms with Gasteiger partial charge in [-0.1, -0.05) is 32.8 Å². The number of benzene rings is 1. The van der Waals surface area contributed by atoms with Crippen molar-refractivity contribution in [2.75, 3.05) is 5.32 Å². The van der Waals surface area contributed by atoms with Gasteiger partial charge in [-0.2, -0.15) is 0 Å². The fourth-order valence-electron chi connectivity index (χ4n) is 2.15. The summed E-state index contributed by atoms with van der Waals surface area (Å²) in [7, 11) is 0. The number of anilines is 1. The second-order valence-electron chi connectivity index (χ2n) is 4.81. The van der Waals surface area contributed by atoms with Crippen LogP contribution in [0.3, 0.4) is 0 Å². The van der Waals surface area contributed by atoms with Crippen molar-refractivity contribution in [3.8, 4) is 5.69 Å². The zero-order chi connectivity index (χ0) is 13.5. The standard InChI is InChI=1S/C15H22N4/c1-3-5-7-13(4-2)18-14-8-6-9-15(10-14)19-11-16-17-12-19/h6,8-13,18H,3-5,7H2,1-2H3. The first-order valence-corrected chi connectivity index (χ1v) is 7.05. The fourth-order valence-corrected chi connectivity index (χ4v) is 2.15. The molecule has 1 aromatic carbocycles. The predicted octanol–water partition coefficient (Wildman–Crippen LogP) is 3.65. The molecule has 102 valence electrons. The normalized spacial score (nSPS) is 12.3. The van der Waals surface area contributed by atoms with Crippen molar-refractivity contribution in [2.24, 2.45) is 0 Å². The highest BCUT2D eigenvalue weighted by Crippen LogP contribution is 2.17. The molecule has 0 bridgehead atoms. The minimum Gasteiger partial charge on any atom is -0.382 e. The van der Waals surface area contributed by atoms with Crippen LogP contribution in [-0.2, 0) is 0 Å². The summed E-state index contributed by atoms with van der Waals surface area (Å²) in [5, 5.41) is 11.3. The summed E-state index contributed by atoms with van der Waals surface area (Å²) in [6.45, 7) is 4.47. The molecule has 1 unspecified atom stereocenters. The molecule has 0 aliphatic rings. The van der Waals surface area contributed by atoms with Gasteiger partial charge in [-0.25, -0.2) is 0 Å². The fraction of sp³-hybridized carbons (Fsp3) is 0.467. The van der Waals surface area contributed by atoms with E-state index in [1.54, 1.807) is 12.7 Å². The number of nitrogens with zero attached hydrogens (tertiary/aromatic N) is 3. The number of unbranched alkanes of at least 4 members (excludes halogenated alkanes) is 1. The van der Waals surface area contributed by atoms with Crippen LogP contribution in [0, 0.1) is 0 Å². The van der Waals surface area contributed by atoms with Crippen LogP contribution in [0.15, 0.2) is 36.9 Å². The molecule has 2 aromatic rings. The molecule has 1 atom stereocenters. The van der Waals surface area contributed by atoms with E-state index in [1.165, 1.54) is 19.3 Å². The van der Waals surface area contributed by atoms with Gasteiger partial charge in [0.2, 0.25) is 0 Å². The topological polar surface area (TPSA) is 42.7 Å². The van der Waals surface area contributed by atoms with E-state index >= 15 is 0 Å². The van der Waals surface area contributed by atoms with E-state index in [4.69, 9.17) is 0 Å². The van der Waals surface area contributed by atoms with Crippen molar-refractivity contribution in [2.45, 2.75) is 45.6 Å². The number of nitrogens with one attached hydrogen (secondary N) is 1. The molecular formula is C15H22N4. The van der Waals surface area contributed by atoms with Gasteiger partial charge in [-0.05, 0) is 31.0 Å². The maximum absolute atomic E-state index is 3.84. The SMILES string of the molecule is CCCCC(CC)Nc1cccc(-n2cnnc2)c1.